The van der Waals surface area contributed by atoms with Crippen molar-refractivity contribution in [1.29, 1.82) is 0 Å². The van der Waals surface area contributed by atoms with E-state index in [4.69, 9.17) is 10.2 Å². The Balaban J connectivity index is 2.10. The maximum absolute atomic E-state index is 11.8. The Labute approximate surface area is 112 Å². The highest BCUT2D eigenvalue weighted by molar-refractivity contribution is 5.96. The van der Waals surface area contributed by atoms with Gasteiger partial charge in [-0.15, -0.1) is 5.10 Å². The van der Waals surface area contributed by atoms with Crippen LogP contribution in [-0.4, -0.2) is 54.9 Å². The largest absolute Gasteiger partial charge is 0.480 e. The van der Waals surface area contributed by atoms with Crippen molar-refractivity contribution in [3.63, 3.8) is 0 Å². The second kappa shape index (κ2) is 5.89. The predicted molar refractivity (Wildman–Crippen MR) is 65.1 cm³/mol. The molecule has 0 aliphatic rings. The zero-order valence-electron chi connectivity index (χ0n) is 10.2. The third kappa shape index (κ3) is 2.95. The summed E-state index contributed by atoms with van der Waals surface area (Å²) >= 11 is 0. The highest BCUT2D eigenvalue weighted by Gasteiger charge is 2.19. The van der Waals surface area contributed by atoms with Gasteiger partial charge in [0.1, 0.15) is 6.33 Å². The van der Waals surface area contributed by atoms with Gasteiger partial charge < -0.3 is 15.5 Å². The quantitative estimate of drug-likeness (QED) is 0.628. The van der Waals surface area contributed by atoms with Crippen molar-refractivity contribution in [1.82, 2.24) is 25.5 Å². The topological polar surface area (TPSA) is 130 Å². The molecule has 0 spiro atoms. The van der Waals surface area contributed by atoms with Crippen LogP contribution in [-0.2, 0) is 4.79 Å². The standard InChI is InChI=1S/C11H11N5O4/c17-5-9(11(19)20)13-10(18)7-1-3-8(4-2-7)16-6-12-14-15-16/h1-4,6,9,17H,5H2,(H,13,18)(H,19,20). The number of aliphatic carboxylic acids is 1. The minimum absolute atomic E-state index is 0.265. The predicted octanol–water partition coefficient (Wildman–Crippen LogP) is -1.16. The van der Waals surface area contributed by atoms with E-state index in [9.17, 15) is 9.59 Å². The fourth-order valence-corrected chi connectivity index (χ4v) is 1.47. The molecular formula is C11H11N5O4. The zero-order chi connectivity index (χ0) is 14.5. The number of aliphatic hydroxyl groups is 1. The first-order valence-corrected chi connectivity index (χ1v) is 5.60. The van der Waals surface area contributed by atoms with Crippen LogP contribution in [0.15, 0.2) is 30.6 Å². The summed E-state index contributed by atoms with van der Waals surface area (Å²) in [6, 6.07) is 4.90. The third-order valence-corrected chi connectivity index (χ3v) is 2.53. The first-order valence-electron chi connectivity index (χ1n) is 5.60. The Morgan fingerprint density at radius 3 is 2.50 bits per heavy atom. The monoisotopic (exact) mass is 277 g/mol. The number of amides is 1. The number of rotatable bonds is 5. The van der Waals surface area contributed by atoms with Gasteiger partial charge in [-0.05, 0) is 34.7 Å². The van der Waals surface area contributed by atoms with Crippen molar-refractivity contribution in [3.05, 3.63) is 36.2 Å². The minimum Gasteiger partial charge on any atom is -0.480 e. The lowest BCUT2D eigenvalue weighted by molar-refractivity contribution is -0.140. The SMILES string of the molecule is O=C(NC(CO)C(=O)O)c1ccc(-n2cnnn2)cc1. The van der Waals surface area contributed by atoms with Crippen LogP contribution in [0.5, 0.6) is 0 Å². The molecule has 9 heteroatoms. The molecule has 9 nitrogen and oxygen atoms in total. The number of aromatic nitrogens is 4. The van der Waals surface area contributed by atoms with Gasteiger partial charge in [0.25, 0.3) is 5.91 Å². The fourth-order valence-electron chi connectivity index (χ4n) is 1.47. The van der Waals surface area contributed by atoms with Crippen molar-refractivity contribution < 1.29 is 19.8 Å². The van der Waals surface area contributed by atoms with Gasteiger partial charge in [-0.1, -0.05) is 0 Å². The number of carboxylic acid groups (broad SMARTS) is 1. The summed E-state index contributed by atoms with van der Waals surface area (Å²) < 4.78 is 1.41. The summed E-state index contributed by atoms with van der Waals surface area (Å²) in [4.78, 5) is 22.5. The molecule has 0 aliphatic heterocycles. The van der Waals surface area contributed by atoms with Gasteiger partial charge in [-0.2, -0.15) is 0 Å². The molecule has 1 amide bonds. The maximum Gasteiger partial charge on any atom is 0.328 e. The van der Waals surface area contributed by atoms with Gasteiger partial charge in [0.15, 0.2) is 6.04 Å². The summed E-state index contributed by atoms with van der Waals surface area (Å²) in [5, 5.41) is 30.4. The van der Waals surface area contributed by atoms with Crippen molar-refractivity contribution in [3.8, 4) is 5.69 Å². The lowest BCUT2D eigenvalue weighted by Crippen LogP contribution is -2.43. The molecule has 0 saturated carbocycles. The lowest BCUT2D eigenvalue weighted by Gasteiger charge is -2.11. The molecule has 2 aromatic rings. The number of benzene rings is 1. The van der Waals surface area contributed by atoms with Crippen LogP contribution in [0.2, 0.25) is 0 Å². The summed E-state index contributed by atoms with van der Waals surface area (Å²) in [5.41, 5.74) is 0.921. The molecule has 1 unspecified atom stereocenters. The van der Waals surface area contributed by atoms with E-state index in [1.54, 1.807) is 12.1 Å². The number of hydrogen-bond donors (Lipinski definition) is 3. The van der Waals surface area contributed by atoms with E-state index in [-0.39, 0.29) is 5.56 Å². The highest BCUT2D eigenvalue weighted by atomic mass is 16.4. The Morgan fingerprint density at radius 1 is 1.30 bits per heavy atom. The molecule has 1 heterocycles. The summed E-state index contributed by atoms with van der Waals surface area (Å²) in [5.74, 6) is -1.89. The van der Waals surface area contributed by atoms with Crippen LogP contribution < -0.4 is 5.32 Å². The number of tetrazole rings is 1. The Morgan fingerprint density at radius 2 is 2.00 bits per heavy atom. The van der Waals surface area contributed by atoms with E-state index in [0.29, 0.717) is 5.69 Å². The molecule has 0 saturated heterocycles. The maximum atomic E-state index is 11.8. The van der Waals surface area contributed by atoms with Crippen LogP contribution >= 0.6 is 0 Å². The van der Waals surface area contributed by atoms with Crippen LogP contribution in [0.1, 0.15) is 10.4 Å². The van der Waals surface area contributed by atoms with Crippen molar-refractivity contribution in [2.24, 2.45) is 0 Å². The van der Waals surface area contributed by atoms with Gasteiger partial charge in [0, 0.05) is 5.56 Å². The molecule has 1 atom stereocenters. The lowest BCUT2D eigenvalue weighted by atomic mass is 10.2. The molecule has 0 radical (unpaired) electrons. The van der Waals surface area contributed by atoms with E-state index in [1.807, 2.05) is 0 Å². The summed E-state index contributed by atoms with van der Waals surface area (Å²) in [6.45, 7) is -0.677. The van der Waals surface area contributed by atoms with Crippen molar-refractivity contribution >= 4 is 11.9 Å². The third-order valence-electron chi connectivity index (χ3n) is 2.53. The van der Waals surface area contributed by atoms with E-state index in [1.165, 1.54) is 23.1 Å². The number of carbonyl (C=O) groups excluding carboxylic acids is 1. The molecule has 20 heavy (non-hydrogen) atoms. The highest BCUT2D eigenvalue weighted by Crippen LogP contribution is 2.07. The van der Waals surface area contributed by atoms with Gasteiger partial charge in [-0.3, -0.25) is 4.79 Å². The average molecular weight is 277 g/mol. The number of nitrogens with zero attached hydrogens (tertiary/aromatic N) is 4. The first-order chi connectivity index (χ1) is 9.61. The van der Waals surface area contributed by atoms with E-state index < -0.39 is 24.5 Å². The van der Waals surface area contributed by atoms with Crippen LogP contribution in [0.25, 0.3) is 5.69 Å². The second-order valence-electron chi connectivity index (χ2n) is 3.85. The molecule has 0 fully saturated rings. The molecule has 3 N–H and O–H groups in total. The summed E-state index contributed by atoms with van der Waals surface area (Å²) in [7, 11) is 0. The van der Waals surface area contributed by atoms with Gasteiger partial charge >= 0.3 is 5.97 Å². The zero-order valence-corrected chi connectivity index (χ0v) is 10.2. The average Bonchev–Trinajstić information content (AvgIpc) is 2.98. The minimum atomic E-state index is -1.33. The Bertz CT molecular complexity index is 596. The Kier molecular flexibility index (Phi) is 4.01. The molecule has 2 rings (SSSR count). The van der Waals surface area contributed by atoms with Crippen LogP contribution in [0.4, 0.5) is 0 Å². The van der Waals surface area contributed by atoms with Gasteiger partial charge in [0.2, 0.25) is 0 Å². The molecule has 104 valence electrons. The Hall–Kier alpha value is -2.81. The van der Waals surface area contributed by atoms with Crippen molar-refractivity contribution in [2.45, 2.75) is 6.04 Å². The van der Waals surface area contributed by atoms with Crippen LogP contribution in [0, 0.1) is 0 Å². The smallest absolute Gasteiger partial charge is 0.328 e. The molecule has 0 aliphatic carbocycles. The van der Waals surface area contributed by atoms with Gasteiger partial charge in [0.05, 0.1) is 12.3 Å². The molecule has 1 aromatic carbocycles. The molecule has 1 aromatic heterocycles. The number of hydrogen-bond acceptors (Lipinski definition) is 6. The summed E-state index contributed by atoms with van der Waals surface area (Å²) in [6.07, 6.45) is 1.40. The number of carboxylic acids is 1. The normalized spacial score (nSPS) is 11.8. The van der Waals surface area contributed by atoms with E-state index >= 15 is 0 Å². The molecular weight excluding hydrogens is 266 g/mol. The molecule has 0 bridgehead atoms. The second-order valence-corrected chi connectivity index (χ2v) is 3.85. The number of aliphatic hydroxyl groups excluding tert-OH is 1. The number of carbonyl (C=O) groups is 2. The van der Waals surface area contributed by atoms with Crippen molar-refractivity contribution in [2.75, 3.05) is 6.61 Å². The van der Waals surface area contributed by atoms with E-state index in [0.717, 1.165) is 0 Å². The van der Waals surface area contributed by atoms with Gasteiger partial charge in [-0.25, -0.2) is 9.48 Å². The first kappa shape index (κ1) is 13.6. The van der Waals surface area contributed by atoms with E-state index in [2.05, 4.69) is 20.8 Å². The fraction of sp³-hybridized carbons (Fsp3) is 0.182. The number of nitrogens with one attached hydrogen (secondary N) is 1. The van der Waals surface area contributed by atoms with Crippen LogP contribution in [0.3, 0.4) is 0 Å².